The van der Waals surface area contributed by atoms with E-state index in [0.717, 1.165) is 18.5 Å². The van der Waals surface area contributed by atoms with Gasteiger partial charge in [0, 0.05) is 5.92 Å². The molecule has 0 spiro atoms. The molecule has 1 saturated carbocycles. The predicted octanol–water partition coefficient (Wildman–Crippen LogP) is 3.37. The maximum absolute atomic E-state index is 12.0. The van der Waals surface area contributed by atoms with Crippen LogP contribution in [-0.2, 0) is 4.74 Å². The Kier molecular flexibility index (Phi) is 4.49. The van der Waals surface area contributed by atoms with Gasteiger partial charge in [0.25, 0.3) is 0 Å². The Labute approximate surface area is 136 Å². The first-order valence-electron chi connectivity index (χ1n) is 7.65. The minimum Gasteiger partial charge on any atom is -0.489 e. The number of carbonyl (C=O) groups excluding carboxylic acids is 1. The molecule has 24 heavy (non-hydrogen) atoms. The molecule has 0 saturated heterocycles. The van der Waals surface area contributed by atoms with Crippen LogP contribution in [0.25, 0.3) is 5.52 Å². The zero-order valence-corrected chi connectivity index (χ0v) is 13.1. The number of fused-ring (bicyclic) bond motifs is 1. The molecule has 0 unspecified atom stereocenters. The molecule has 0 aromatic carbocycles. The van der Waals surface area contributed by atoms with Gasteiger partial charge in [0.15, 0.2) is 5.78 Å². The fourth-order valence-corrected chi connectivity index (χ4v) is 2.58. The van der Waals surface area contributed by atoms with Crippen molar-refractivity contribution in [3.8, 4) is 5.75 Å². The van der Waals surface area contributed by atoms with Crippen LogP contribution in [0.3, 0.4) is 0 Å². The molecule has 0 radical (unpaired) electrons. The summed E-state index contributed by atoms with van der Waals surface area (Å²) in [5, 5.41) is 4.27. The highest BCUT2D eigenvalue weighted by molar-refractivity contribution is 6.00. The summed E-state index contributed by atoms with van der Waals surface area (Å²) in [6, 6.07) is 3.47. The SMILES string of the molecule is CC(=O)c1cnn2c(C3CC3)c(OCCOCC(F)(F)F)ccc12. The van der Waals surface area contributed by atoms with E-state index in [2.05, 4.69) is 9.84 Å². The van der Waals surface area contributed by atoms with Crippen LogP contribution in [0, 0.1) is 0 Å². The van der Waals surface area contributed by atoms with Crippen LogP contribution in [0.1, 0.15) is 41.7 Å². The topological polar surface area (TPSA) is 52.8 Å². The summed E-state index contributed by atoms with van der Waals surface area (Å²) in [4.78, 5) is 11.6. The number of rotatable bonds is 7. The Morgan fingerprint density at radius 2 is 2.08 bits per heavy atom. The highest BCUT2D eigenvalue weighted by Gasteiger charge is 2.31. The number of aromatic nitrogens is 2. The average Bonchev–Trinajstić information content (AvgIpc) is 3.23. The van der Waals surface area contributed by atoms with Crippen LogP contribution >= 0.6 is 0 Å². The molecule has 8 heteroatoms. The van der Waals surface area contributed by atoms with Crippen LogP contribution in [0.15, 0.2) is 18.3 Å². The smallest absolute Gasteiger partial charge is 0.411 e. The first kappa shape index (κ1) is 16.8. The third-order valence-electron chi connectivity index (χ3n) is 3.77. The van der Waals surface area contributed by atoms with Gasteiger partial charge in [-0.2, -0.15) is 18.3 Å². The lowest BCUT2D eigenvalue weighted by atomic mass is 10.1. The molecule has 5 nitrogen and oxygen atoms in total. The van der Waals surface area contributed by atoms with Gasteiger partial charge >= 0.3 is 6.18 Å². The quantitative estimate of drug-likeness (QED) is 0.572. The lowest BCUT2D eigenvalue weighted by Gasteiger charge is -2.13. The van der Waals surface area contributed by atoms with E-state index in [4.69, 9.17) is 4.74 Å². The van der Waals surface area contributed by atoms with Crippen molar-refractivity contribution in [1.82, 2.24) is 9.61 Å². The Bertz CT molecular complexity index is 751. The lowest BCUT2D eigenvalue weighted by molar-refractivity contribution is -0.175. The summed E-state index contributed by atoms with van der Waals surface area (Å²) < 4.78 is 47.9. The fourth-order valence-electron chi connectivity index (χ4n) is 2.58. The van der Waals surface area contributed by atoms with Crippen LogP contribution < -0.4 is 4.74 Å². The normalized spacial score (nSPS) is 15.0. The van der Waals surface area contributed by atoms with Gasteiger partial charge in [-0.1, -0.05) is 0 Å². The van der Waals surface area contributed by atoms with Crippen molar-refractivity contribution < 1.29 is 27.4 Å². The summed E-state index contributed by atoms with van der Waals surface area (Å²) in [7, 11) is 0. The van der Waals surface area contributed by atoms with Crippen LogP contribution in [0.4, 0.5) is 13.2 Å². The molecular weight excluding hydrogens is 325 g/mol. The number of Topliss-reactive ketones (excluding diaryl/α,β-unsaturated/α-hetero) is 1. The zero-order valence-electron chi connectivity index (χ0n) is 13.1. The molecule has 2 heterocycles. The first-order valence-corrected chi connectivity index (χ1v) is 7.65. The molecule has 1 aliphatic rings. The van der Waals surface area contributed by atoms with Gasteiger partial charge < -0.3 is 9.47 Å². The second kappa shape index (κ2) is 6.43. The molecule has 3 rings (SSSR count). The van der Waals surface area contributed by atoms with Crippen LogP contribution in [0.5, 0.6) is 5.75 Å². The third kappa shape index (κ3) is 3.69. The van der Waals surface area contributed by atoms with Gasteiger partial charge in [-0.05, 0) is 31.9 Å². The summed E-state index contributed by atoms with van der Waals surface area (Å²) in [5.74, 6) is 0.791. The van der Waals surface area contributed by atoms with Gasteiger partial charge in [-0.25, -0.2) is 4.52 Å². The van der Waals surface area contributed by atoms with E-state index < -0.39 is 12.8 Å². The minimum atomic E-state index is -4.34. The number of alkyl halides is 3. The number of carbonyl (C=O) groups is 1. The molecule has 0 amide bonds. The van der Waals surface area contributed by atoms with Crippen molar-refractivity contribution >= 4 is 11.3 Å². The monoisotopic (exact) mass is 342 g/mol. The molecule has 0 bridgehead atoms. The van der Waals surface area contributed by atoms with Gasteiger partial charge in [-0.15, -0.1) is 0 Å². The summed E-state index contributed by atoms with van der Waals surface area (Å²) in [6.45, 7) is 0.0593. The van der Waals surface area contributed by atoms with Gasteiger partial charge in [0.05, 0.1) is 29.6 Å². The minimum absolute atomic E-state index is 0.0160. The van der Waals surface area contributed by atoms with E-state index in [1.54, 1.807) is 16.6 Å². The zero-order chi connectivity index (χ0) is 17.3. The van der Waals surface area contributed by atoms with Crippen LogP contribution in [0.2, 0.25) is 0 Å². The van der Waals surface area contributed by atoms with E-state index in [-0.39, 0.29) is 19.0 Å². The summed E-state index contributed by atoms with van der Waals surface area (Å²) >= 11 is 0. The number of ketones is 1. The number of halogens is 3. The number of pyridine rings is 1. The molecule has 0 N–H and O–H groups in total. The van der Waals surface area contributed by atoms with Gasteiger partial charge in [0.1, 0.15) is 19.0 Å². The van der Waals surface area contributed by atoms with Crippen molar-refractivity contribution in [2.24, 2.45) is 0 Å². The summed E-state index contributed by atoms with van der Waals surface area (Å²) in [6.07, 6.45) is -0.819. The number of ether oxygens (including phenoxy) is 2. The van der Waals surface area contributed by atoms with Crippen LogP contribution in [-0.4, -0.2) is 41.4 Å². The number of hydrogen-bond acceptors (Lipinski definition) is 4. The molecule has 0 aliphatic heterocycles. The van der Waals surface area contributed by atoms with Gasteiger partial charge in [-0.3, -0.25) is 4.79 Å². The largest absolute Gasteiger partial charge is 0.489 e. The second-order valence-electron chi connectivity index (χ2n) is 5.78. The number of hydrogen-bond donors (Lipinski definition) is 0. The molecule has 1 fully saturated rings. The highest BCUT2D eigenvalue weighted by Crippen LogP contribution is 2.44. The maximum atomic E-state index is 12.0. The maximum Gasteiger partial charge on any atom is 0.411 e. The van der Waals surface area contributed by atoms with E-state index in [1.807, 2.05) is 0 Å². The third-order valence-corrected chi connectivity index (χ3v) is 3.77. The van der Waals surface area contributed by atoms with Gasteiger partial charge in [0.2, 0.25) is 0 Å². The Morgan fingerprint density at radius 3 is 2.71 bits per heavy atom. The molecule has 130 valence electrons. The van der Waals surface area contributed by atoms with Crippen molar-refractivity contribution in [3.63, 3.8) is 0 Å². The van der Waals surface area contributed by atoms with E-state index in [9.17, 15) is 18.0 Å². The van der Waals surface area contributed by atoms with Crippen molar-refractivity contribution in [2.75, 3.05) is 19.8 Å². The van der Waals surface area contributed by atoms with E-state index >= 15 is 0 Å². The Hall–Kier alpha value is -2.09. The van der Waals surface area contributed by atoms with Crippen molar-refractivity contribution in [2.45, 2.75) is 31.9 Å². The highest BCUT2D eigenvalue weighted by atomic mass is 19.4. The first-order chi connectivity index (χ1) is 11.4. The predicted molar refractivity (Wildman–Crippen MR) is 79.5 cm³/mol. The van der Waals surface area contributed by atoms with Crippen molar-refractivity contribution in [3.05, 3.63) is 29.6 Å². The number of nitrogens with zero attached hydrogens (tertiary/aromatic N) is 2. The standard InChI is InChI=1S/C16H17F3N2O3/c1-10(22)12-8-20-21-13(12)4-5-14(15(21)11-2-3-11)24-7-6-23-9-16(17,18)19/h4-5,8,11H,2-3,6-7,9H2,1H3. The van der Waals surface area contributed by atoms with E-state index in [0.29, 0.717) is 22.7 Å². The second-order valence-corrected chi connectivity index (χ2v) is 5.78. The lowest BCUT2D eigenvalue weighted by Crippen LogP contribution is -2.19. The Balaban J connectivity index is 1.74. The van der Waals surface area contributed by atoms with Crippen molar-refractivity contribution in [1.29, 1.82) is 0 Å². The molecule has 0 atom stereocenters. The average molecular weight is 342 g/mol. The Morgan fingerprint density at radius 1 is 1.33 bits per heavy atom. The molecule has 2 aromatic heterocycles. The van der Waals surface area contributed by atoms with E-state index in [1.165, 1.54) is 13.1 Å². The molecule has 2 aromatic rings. The molecule has 1 aliphatic carbocycles. The molecular formula is C16H17F3N2O3. The fraction of sp³-hybridized carbons (Fsp3) is 0.500. The summed E-state index contributed by atoms with van der Waals surface area (Å²) in [5.41, 5.74) is 2.11.